The molecule has 4 heterocycles. The molecule has 0 bridgehead atoms. The number of hydrogen-bond acceptors (Lipinski definition) is 7. The first-order valence-electron chi connectivity index (χ1n) is 10.8. The highest BCUT2D eigenvalue weighted by molar-refractivity contribution is 7.13. The van der Waals surface area contributed by atoms with E-state index in [-0.39, 0.29) is 0 Å². The van der Waals surface area contributed by atoms with Crippen LogP contribution in [0.2, 0.25) is 0 Å². The Bertz CT molecular complexity index is 1160. The van der Waals surface area contributed by atoms with Crippen LogP contribution in [-0.4, -0.2) is 64.6 Å². The number of methoxy groups -OCH3 is 2. The number of imidazole rings is 1. The minimum Gasteiger partial charge on any atom is -0.493 e. The first-order chi connectivity index (χ1) is 15.7. The molecule has 7 nitrogen and oxygen atoms in total. The lowest BCUT2D eigenvalue weighted by molar-refractivity contribution is 0.120. The third-order valence-electron chi connectivity index (χ3n) is 5.84. The van der Waals surface area contributed by atoms with Crippen LogP contribution in [0.4, 0.5) is 0 Å². The number of para-hydroxylation sites is 1. The molecule has 5 rings (SSSR count). The number of aromatic nitrogens is 3. The van der Waals surface area contributed by atoms with Crippen LogP contribution in [0.5, 0.6) is 11.5 Å². The molecule has 1 aliphatic rings. The summed E-state index contributed by atoms with van der Waals surface area (Å²) in [6, 6.07) is 12.0. The topological polar surface area (TPSA) is 55.1 Å². The molecule has 4 aromatic rings. The van der Waals surface area contributed by atoms with Crippen LogP contribution in [0.15, 0.2) is 54.2 Å². The molecule has 0 spiro atoms. The number of rotatable bonds is 7. The summed E-state index contributed by atoms with van der Waals surface area (Å²) in [4.78, 5) is 14.6. The monoisotopic (exact) mass is 449 g/mol. The van der Waals surface area contributed by atoms with Crippen molar-refractivity contribution in [2.24, 2.45) is 0 Å². The van der Waals surface area contributed by atoms with E-state index in [1.54, 1.807) is 25.6 Å². The number of pyridine rings is 1. The molecule has 1 aromatic carbocycles. The summed E-state index contributed by atoms with van der Waals surface area (Å²) in [5.41, 5.74) is 4.21. The maximum absolute atomic E-state index is 5.58. The molecule has 0 aliphatic carbocycles. The van der Waals surface area contributed by atoms with Gasteiger partial charge in [0.2, 0.25) is 0 Å². The lowest BCUT2D eigenvalue weighted by Crippen LogP contribution is -2.45. The van der Waals surface area contributed by atoms with E-state index in [9.17, 15) is 0 Å². The summed E-state index contributed by atoms with van der Waals surface area (Å²) in [6.45, 7) is 5.89. The number of nitrogens with zero attached hydrogens (tertiary/aromatic N) is 5. The fourth-order valence-corrected chi connectivity index (χ4v) is 5.02. The predicted molar refractivity (Wildman–Crippen MR) is 126 cm³/mol. The number of piperazine rings is 1. The molecule has 0 N–H and O–H groups in total. The average molecular weight is 450 g/mol. The molecule has 0 radical (unpaired) electrons. The van der Waals surface area contributed by atoms with Crippen molar-refractivity contribution in [3.05, 3.63) is 65.6 Å². The van der Waals surface area contributed by atoms with Gasteiger partial charge in [-0.25, -0.2) is 9.97 Å². The van der Waals surface area contributed by atoms with Crippen LogP contribution in [-0.2, 0) is 13.1 Å². The van der Waals surface area contributed by atoms with Crippen LogP contribution in [0, 0.1) is 0 Å². The van der Waals surface area contributed by atoms with Gasteiger partial charge in [0.1, 0.15) is 10.7 Å². The fourth-order valence-electron chi connectivity index (χ4n) is 4.19. The molecule has 0 saturated carbocycles. The van der Waals surface area contributed by atoms with E-state index < -0.39 is 0 Å². The van der Waals surface area contributed by atoms with Gasteiger partial charge in [-0.05, 0) is 24.3 Å². The van der Waals surface area contributed by atoms with Crippen molar-refractivity contribution >= 4 is 17.0 Å². The highest BCUT2D eigenvalue weighted by atomic mass is 32.1. The lowest BCUT2D eigenvalue weighted by Gasteiger charge is -2.33. The van der Waals surface area contributed by atoms with Gasteiger partial charge in [-0.2, -0.15) is 0 Å². The molecule has 32 heavy (non-hydrogen) atoms. The number of thiazole rings is 1. The summed E-state index contributed by atoms with van der Waals surface area (Å²) in [6.07, 6.45) is 4.18. The van der Waals surface area contributed by atoms with Gasteiger partial charge in [0, 0.05) is 57.0 Å². The van der Waals surface area contributed by atoms with Crippen molar-refractivity contribution in [3.8, 4) is 22.1 Å². The zero-order valence-corrected chi connectivity index (χ0v) is 19.2. The van der Waals surface area contributed by atoms with Gasteiger partial charge in [0.25, 0.3) is 0 Å². The zero-order valence-electron chi connectivity index (χ0n) is 18.4. The Morgan fingerprint density at radius 2 is 1.66 bits per heavy atom. The molecular formula is C24H27N5O2S. The molecule has 1 aliphatic heterocycles. The van der Waals surface area contributed by atoms with Crippen molar-refractivity contribution in [3.63, 3.8) is 0 Å². The first kappa shape index (κ1) is 20.9. The molecule has 166 valence electrons. The second kappa shape index (κ2) is 9.28. The summed E-state index contributed by atoms with van der Waals surface area (Å²) in [7, 11) is 3.32. The third-order valence-corrected chi connectivity index (χ3v) is 6.76. The minimum absolute atomic E-state index is 0.725. The Labute approximate surface area is 191 Å². The van der Waals surface area contributed by atoms with E-state index >= 15 is 0 Å². The number of hydrogen-bond donors (Lipinski definition) is 0. The average Bonchev–Trinajstić information content (AvgIpc) is 3.46. The lowest BCUT2D eigenvalue weighted by atomic mass is 10.2. The van der Waals surface area contributed by atoms with E-state index in [0.29, 0.717) is 0 Å². The summed E-state index contributed by atoms with van der Waals surface area (Å²) in [5, 5.41) is 3.11. The number of benzene rings is 1. The van der Waals surface area contributed by atoms with Gasteiger partial charge in [0.05, 0.1) is 31.2 Å². The maximum Gasteiger partial charge on any atom is 0.170 e. The number of fused-ring (bicyclic) bond motifs is 1. The van der Waals surface area contributed by atoms with Gasteiger partial charge in [0.15, 0.2) is 11.5 Å². The van der Waals surface area contributed by atoms with Crippen molar-refractivity contribution in [1.29, 1.82) is 0 Å². The van der Waals surface area contributed by atoms with Crippen molar-refractivity contribution < 1.29 is 9.47 Å². The summed E-state index contributed by atoms with van der Waals surface area (Å²) >= 11 is 1.65. The van der Waals surface area contributed by atoms with Crippen molar-refractivity contribution in [2.45, 2.75) is 13.1 Å². The summed E-state index contributed by atoms with van der Waals surface area (Å²) in [5.74, 6) is 1.46. The van der Waals surface area contributed by atoms with E-state index in [2.05, 4.69) is 25.8 Å². The van der Waals surface area contributed by atoms with Gasteiger partial charge in [-0.15, -0.1) is 11.3 Å². The smallest absolute Gasteiger partial charge is 0.170 e. The Morgan fingerprint density at radius 3 is 2.38 bits per heavy atom. The van der Waals surface area contributed by atoms with E-state index in [4.69, 9.17) is 19.4 Å². The SMILES string of the molecule is COc1cccc(-c2nc(CN3CCN(Cc4cn5ccccc5n4)CC3)cs2)c1OC. The van der Waals surface area contributed by atoms with Crippen LogP contribution in [0.1, 0.15) is 11.4 Å². The van der Waals surface area contributed by atoms with Crippen LogP contribution < -0.4 is 9.47 Å². The highest BCUT2D eigenvalue weighted by Gasteiger charge is 2.20. The predicted octanol–water partition coefficient (Wildman–Crippen LogP) is 3.79. The van der Waals surface area contributed by atoms with Crippen molar-refractivity contribution in [1.82, 2.24) is 24.2 Å². The van der Waals surface area contributed by atoms with Crippen LogP contribution in [0.25, 0.3) is 16.2 Å². The first-order valence-corrected chi connectivity index (χ1v) is 11.6. The molecule has 0 atom stereocenters. The Hall–Kier alpha value is -2.94. The molecule has 1 saturated heterocycles. The van der Waals surface area contributed by atoms with E-state index in [1.807, 2.05) is 42.6 Å². The molecule has 8 heteroatoms. The fraction of sp³-hybridized carbons (Fsp3) is 0.333. The van der Waals surface area contributed by atoms with Crippen molar-refractivity contribution in [2.75, 3.05) is 40.4 Å². The van der Waals surface area contributed by atoms with Crippen LogP contribution in [0.3, 0.4) is 0 Å². The second-order valence-electron chi connectivity index (χ2n) is 7.94. The van der Waals surface area contributed by atoms with Gasteiger partial charge in [-0.1, -0.05) is 12.1 Å². The third kappa shape index (κ3) is 4.34. The Kier molecular flexibility index (Phi) is 6.07. The van der Waals surface area contributed by atoms with E-state index in [1.165, 1.54) is 0 Å². The molecule has 0 amide bonds. The quantitative estimate of drug-likeness (QED) is 0.428. The maximum atomic E-state index is 5.58. The minimum atomic E-state index is 0.725. The highest BCUT2D eigenvalue weighted by Crippen LogP contribution is 2.39. The van der Waals surface area contributed by atoms with Gasteiger partial charge < -0.3 is 13.9 Å². The molecular weight excluding hydrogens is 422 g/mol. The molecule has 1 fully saturated rings. The van der Waals surface area contributed by atoms with Gasteiger partial charge in [-0.3, -0.25) is 9.80 Å². The Morgan fingerprint density at radius 1 is 0.875 bits per heavy atom. The summed E-state index contributed by atoms with van der Waals surface area (Å²) < 4.78 is 13.1. The van der Waals surface area contributed by atoms with Gasteiger partial charge >= 0.3 is 0 Å². The van der Waals surface area contributed by atoms with Crippen LogP contribution >= 0.6 is 11.3 Å². The normalized spacial score (nSPS) is 15.3. The largest absolute Gasteiger partial charge is 0.493 e. The molecule has 3 aromatic heterocycles. The number of ether oxygens (including phenoxy) is 2. The zero-order chi connectivity index (χ0) is 21.9. The molecule has 0 unspecified atom stereocenters. The second-order valence-corrected chi connectivity index (χ2v) is 8.79. The Balaban J connectivity index is 1.19. The van der Waals surface area contributed by atoms with E-state index in [0.717, 1.165) is 78.4 Å². The standard InChI is InChI=1S/C24H27N5O2S/c1-30-21-7-5-6-20(23(21)31-2)24-26-19(17-32-24)15-28-12-10-27(11-13-28)14-18-16-29-9-4-3-8-22(29)25-18/h3-9,16-17H,10-15H2,1-2H3.